The van der Waals surface area contributed by atoms with Crippen molar-refractivity contribution in [2.24, 2.45) is 10.8 Å². The molecular weight excluding hydrogens is 192 g/mol. The second-order valence-corrected chi connectivity index (χ2v) is 5.81. The van der Waals surface area contributed by atoms with Crippen molar-refractivity contribution in [1.82, 2.24) is 0 Å². The third-order valence-electron chi connectivity index (χ3n) is 1.28. The molecule has 92 valence electrons. The third kappa shape index (κ3) is 23.2. The van der Waals surface area contributed by atoms with Gasteiger partial charge in [0.05, 0.1) is 0 Å². The second-order valence-electron chi connectivity index (χ2n) is 5.81. The fraction of sp³-hybridized carbons (Fsp3) is 0.750. The highest BCUT2D eigenvalue weighted by Gasteiger charge is 2.02. The van der Waals surface area contributed by atoms with Gasteiger partial charge in [-0.2, -0.15) is 0 Å². The lowest BCUT2D eigenvalue weighted by Crippen LogP contribution is -1.98. The molecule has 0 atom stereocenters. The summed E-state index contributed by atoms with van der Waals surface area (Å²) in [5, 5.41) is 0. The van der Waals surface area contributed by atoms with Crippen LogP contribution >= 0.6 is 0 Å². The quantitative estimate of drug-likeness (QED) is 0.510. The van der Waals surface area contributed by atoms with Gasteiger partial charge in [-0.05, 0) is 41.5 Å². The van der Waals surface area contributed by atoms with Crippen LogP contribution in [0, 0.1) is 34.5 Å². The van der Waals surface area contributed by atoms with Crippen molar-refractivity contribution in [3.8, 4) is 23.7 Å². The average Bonchev–Trinajstić information content (AvgIpc) is 2.10. The van der Waals surface area contributed by atoms with Crippen LogP contribution in [-0.2, 0) is 0 Å². The minimum Gasteiger partial charge on any atom is -0.103 e. The summed E-state index contributed by atoms with van der Waals surface area (Å²) in [6.07, 6.45) is 1.94. The molecular formula is C16H28. The van der Waals surface area contributed by atoms with E-state index in [1.54, 1.807) is 0 Å². The molecule has 0 aliphatic rings. The van der Waals surface area contributed by atoms with E-state index in [0.29, 0.717) is 0 Å². The average molecular weight is 220 g/mol. The molecule has 0 unspecified atom stereocenters. The summed E-state index contributed by atoms with van der Waals surface area (Å²) in [7, 11) is 0. The fourth-order valence-corrected chi connectivity index (χ4v) is 0.707. The first-order valence-electron chi connectivity index (χ1n) is 6.12. The van der Waals surface area contributed by atoms with Crippen LogP contribution in [0.2, 0.25) is 0 Å². The Kier molecular flexibility index (Phi) is 9.08. The predicted molar refractivity (Wildman–Crippen MR) is 75.0 cm³/mol. The highest BCUT2D eigenvalue weighted by atomic mass is 14.1. The second kappa shape index (κ2) is 8.29. The van der Waals surface area contributed by atoms with Crippen molar-refractivity contribution in [3.05, 3.63) is 0 Å². The van der Waals surface area contributed by atoms with Gasteiger partial charge in [-0.3, -0.25) is 0 Å². The van der Waals surface area contributed by atoms with Gasteiger partial charge in [-0.25, -0.2) is 0 Å². The highest BCUT2D eigenvalue weighted by molar-refractivity contribution is 5.06. The maximum absolute atomic E-state index is 3.12. The Balaban J connectivity index is 0. The molecule has 0 amide bonds. The summed E-state index contributed by atoms with van der Waals surface area (Å²) in [4.78, 5) is 0. The van der Waals surface area contributed by atoms with Crippen LogP contribution in [0.5, 0.6) is 0 Å². The van der Waals surface area contributed by atoms with Gasteiger partial charge in [-0.1, -0.05) is 25.7 Å². The van der Waals surface area contributed by atoms with Crippen LogP contribution in [0.15, 0.2) is 0 Å². The Bertz CT molecular complexity index is 240. The van der Waals surface area contributed by atoms with Crippen molar-refractivity contribution in [3.63, 3.8) is 0 Å². The van der Waals surface area contributed by atoms with Crippen molar-refractivity contribution in [1.29, 1.82) is 0 Å². The van der Waals surface area contributed by atoms with Crippen molar-refractivity contribution >= 4 is 0 Å². The Hall–Kier alpha value is -0.880. The molecule has 0 heterocycles. The van der Waals surface area contributed by atoms with Crippen LogP contribution in [0.3, 0.4) is 0 Å². The Morgan fingerprint density at radius 2 is 0.875 bits per heavy atom. The smallest absolute Gasteiger partial charge is 0.0230 e. The Morgan fingerprint density at radius 1 is 0.625 bits per heavy atom. The topological polar surface area (TPSA) is 0 Å². The van der Waals surface area contributed by atoms with Crippen molar-refractivity contribution in [2.45, 2.75) is 68.2 Å². The third-order valence-corrected chi connectivity index (χ3v) is 1.28. The first-order valence-corrected chi connectivity index (χ1v) is 6.12. The lowest BCUT2D eigenvalue weighted by molar-refractivity contribution is 0.570. The molecule has 16 heavy (non-hydrogen) atoms. The van der Waals surface area contributed by atoms with Gasteiger partial charge in [0.15, 0.2) is 0 Å². The van der Waals surface area contributed by atoms with Gasteiger partial charge < -0.3 is 0 Å². The summed E-state index contributed by atoms with van der Waals surface area (Å²) >= 11 is 0. The standard InChI is InChI=1S/2C8H14/c2*1-5-6-7-8(2,3)4/h2*5H2,1-4H3. The summed E-state index contributed by atoms with van der Waals surface area (Å²) in [5.41, 5.74) is 0.381. The van der Waals surface area contributed by atoms with E-state index in [-0.39, 0.29) is 10.8 Å². The Morgan fingerprint density at radius 3 is 0.938 bits per heavy atom. The van der Waals surface area contributed by atoms with E-state index in [1.165, 1.54) is 0 Å². The van der Waals surface area contributed by atoms with Crippen molar-refractivity contribution in [2.75, 3.05) is 0 Å². The molecule has 0 N–H and O–H groups in total. The zero-order chi connectivity index (χ0) is 13.2. The minimum absolute atomic E-state index is 0.190. The summed E-state index contributed by atoms with van der Waals surface area (Å²) in [6.45, 7) is 16.9. The van der Waals surface area contributed by atoms with E-state index in [9.17, 15) is 0 Å². The molecule has 0 saturated heterocycles. The monoisotopic (exact) mass is 220 g/mol. The van der Waals surface area contributed by atoms with Gasteiger partial charge >= 0.3 is 0 Å². The van der Waals surface area contributed by atoms with Gasteiger partial charge in [0.25, 0.3) is 0 Å². The van der Waals surface area contributed by atoms with E-state index in [4.69, 9.17) is 0 Å². The summed E-state index contributed by atoms with van der Waals surface area (Å²) in [6, 6.07) is 0. The maximum atomic E-state index is 3.12. The Labute approximate surface area is 103 Å². The van der Waals surface area contributed by atoms with Crippen LogP contribution in [0.4, 0.5) is 0 Å². The van der Waals surface area contributed by atoms with E-state index in [2.05, 4.69) is 79.1 Å². The van der Waals surface area contributed by atoms with Crippen LogP contribution in [0.1, 0.15) is 68.2 Å². The molecule has 0 nitrogen and oxygen atoms in total. The molecule has 0 aliphatic carbocycles. The molecule has 0 rings (SSSR count). The molecule has 0 aromatic rings. The van der Waals surface area contributed by atoms with E-state index >= 15 is 0 Å². The molecule has 0 saturated carbocycles. The highest BCUT2D eigenvalue weighted by Crippen LogP contribution is 2.10. The molecule has 0 fully saturated rings. The van der Waals surface area contributed by atoms with Gasteiger partial charge in [0, 0.05) is 23.7 Å². The largest absolute Gasteiger partial charge is 0.103 e. The number of rotatable bonds is 0. The van der Waals surface area contributed by atoms with E-state index in [0.717, 1.165) is 12.8 Å². The van der Waals surface area contributed by atoms with Crippen molar-refractivity contribution < 1.29 is 0 Å². The van der Waals surface area contributed by atoms with Crippen LogP contribution in [0.25, 0.3) is 0 Å². The first-order chi connectivity index (χ1) is 7.12. The zero-order valence-electron chi connectivity index (χ0n) is 12.4. The molecule has 0 radical (unpaired) electrons. The van der Waals surface area contributed by atoms with E-state index < -0.39 is 0 Å². The van der Waals surface area contributed by atoms with Crippen LogP contribution in [-0.4, -0.2) is 0 Å². The molecule has 0 heteroatoms. The van der Waals surface area contributed by atoms with E-state index in [1.807, 2.05) is 0 Å². The molecule has 0 spiro atoms. The lowest BCUT2D eigenvalue weighted by atomic mass is 9.98. The fourth-order valence-electron chi connectivity index (χ4n) is 0.707. The van der Waals surface area contributed by atoms with Gasteiger partial charge in [0.2, 0.25) is 0 Å². The zero-order valence-corrected chi connectivity index (χ0v) is 12.4. The van der Waals surface area contributed by atoms with Gasteiger partial charge in [0.1, 0.15) is 0 Å². The van der Waals surface area contributed by atoms with Gasteiger partial charge in [-0.15, -0.1) is 11.8 Å². The van der Waals surface area contributed by atoms with Crippen LogP contribution < -0.4 is 0 Å². The lowest BCUT2D eigenvalue weighted by Gasteiger charge is -2.06. The minimum atomic E-state index is 0.190. The normalized spacial score (nSPS) is 10.0. The SMILES string of the molecule is CCC#CC(C)(C)C.CCC#CC(C)(C)C. The number of hydrogen-bond acceptors (Lipinski definition) is 0. The summed E-state index contributed by atoms with van der Waals surface area (Å²) in [5.74, 6) is 12.3. The molecule has 0 aliphatic heterocycles. The first kappa shape index (κ1) is 17.5. The molecule has 0 aromatic heterocycles. The maximum Gasteiger partial charge on any atom is 0.0230 e. The number of hydrogen-bond donors (Lipinski definition) is 0. The molecule has 0 bridgehead atoms. The predicted octanol–water partition coefficient (Wildman–Crippen LogP) is 4.89. The molecule has 0 aromatic carbocycles. The summed E-state index contributed by atoms with van der Waals surface area (Å²) < 4.78 is 0.